The molecule has 6 heteroatoms. The van der Waals surface area contributed by atoms with E-state index in [4.69, 9.17) is 32.7 Å². The molecule has 1 unspecified atom stereocenters. The highest BCUT2D eigenvalue weighted by Crippen LogP contribution is 2.33. The Morgan fingerprint density at radius 3 is 1.37 bits per heavy atom. The highest BCUT2D eigenvalue weighted by atomic mass is 35.5. The first-order valence-electron chi connectivity index (χ1n) is 8.81. The monoisotopic (exact) mass is 412 g/mol. The second kappa shape index (κ2) is 10.2. The molecule has 27 heavy (non-hydrogen) atoms. The zero-order valence-corrected chi connectivity index (χ0v) is 17.1. The van der Waals surface area contributed by atoms with E-state index in [0.29, 0.717) is 11.5 Å². The largest absolute Gasteiger partial charge is 0.491 e. The second-order valence-electron chi connectivity index (χ2n) is 6.91. The number of halogens is 2. The Hall–Kier alpha value is -1.46. The first-order chi connectivity index (χ1) is 12.9. The maximum absolute atomic E-state index is 9.47. The van der Waals surface area contributed by atoms with Gasteiger partial charge in [-0.1, -0.05) is 38.1 Å². The van der Waals surface area contributed by atoms with Crippen LogP contribution in [0.25, 0.3) is 0 Å². The van der Waals surface area contributed by atoms with Gasteiger partial charge in [-0.2, -0.15) is 0 Å². The first kappa shape index (κ1) is 21.8. The Balaban J connectivity index is 2.04. The van der Waals surface area contributed by atoms with Gasteiger partial charge in [-0.25, -0.2) is 0 Å². The van der Waals surface area contributed by atoms with Crippen LogP contribution in [0.2, 0.25) is 0 Å². The zero-order chi connectivity index (χ0) is 19.9. The Kier molecular flexibility index (Phi) is 8.24. The van der Waals surface area contributed by atoms with E-state index in [-0.39, 0.29) is 30.4 Å². The number of aliphatic hydroxyl groups excluding tert-OH is 2. The van der Waals surface area contributed by atoms with Crippen molar-refractivity contribution >= 4 is 23.2 Å². The molecule has 0 saturated heterocycles. The van der Waals surface area contributed by atoms with Crippen LogP contribution in [-0.4, -0.2) is 47.4 Å². The van der Waals surface area contributed by atoms with Gasteiger partial charge in [0.15, 0.2) is 0 Å². The van der Waals surface area contributed by atoms with Gasteiger partial charge in [0.1, 0.15) is 36.9 Å². The summed E-state index contributed by atoms with van der Waals surface area (Å²) >= 11 is 11.1. The van der Waals surface area contributed by atoms with Crippen LogP contribution in [0, 0.1) is 0 Å². The van der Waals surface area contributed by atoms with Crippen molar-refractivity contribution in [3.05, 3.63) is 59.7 Å². The van der Waals surface area contributed by atoms with Crippen molar-refractivity contribution in [1.29, 1.82) is 0 Å². The molecule has 2 atom stereocenters. The van der Waals surface area contributed by atoms with E-state index in [1.54, 1.807) is 0 Å². The molecule has 0 aliphatic carbocycles. The molecule has 148 valence electrons. The normalized spacial score (nSPS) is 13.9. The van der Waals surface area contributed by atoms with Gasteiger partial charge < -0.3 is 19.7 Å². The summed E-state index contributed by atoms with van der Waals surface area (Å²) in [6, 6.07) is 15.6. The number of alkyl halides is 2. The topological polar surface area (TPSA) is 58.9 Å². The lowest BCUT2D eigenvalue weighted by Gasteiger charge is -2.26. The highest BCUT2D eigenvalue weighted by Gasteiger charge is 2.23. The van der Waals surface area contributed by atoms with E-state index >= 15 is 0 Å². The molecule has 0 aromatic heterocycles. The third kappa shape index (κ3) is 6.28. The van der Waals surface area contributed by atoms with Crippen molar-refractivity contribution in [2.75, 3.05) is 25.0 Å². The van der Waals surface area contributed by atoms with Crippen molar-refractivity contribution in [3.8, 4) is 11.5 Å². The summed E-state index contributed by atoms with van der Waals surface area (Å²) < 4.78 is 11.0. The minimum atomic E-state index is -0.672. The van der Waals surface area contributed by atoms with Crippen LogP contribution >= 0.6 is 23.2 Å². The number of aliphatic hydroxyl groups is 2. The van der Waals surface area contributed by atoms with Crippen molar-refractivity contribution in [2.24, 2.45) is 0 Å². The van der Waals surface area contributed by atoms with Crippen LogP contribution < -0.4 is 9.47 Å². The molecule has 0 bridgehead atoms. The minimum absolute atomic E-state index is 0.148. The lowest BCUT2D eigenvalue weighted by atomic mass is 9.78. The van der Waals surface area contributed by atoms with Crippen LogP contribution in [0.3, 0.4) is 0 Å². The molecule has 0 aliphatic heterocycles. The number of rotatable bonds is 10. The van der Waals surface area contributed by atoms with Crippen LogP contribution in [0.15, 0.2) is 48.5 Å². The summed E-state index contributed by atoms with van der Waals surface area (Å²) in [7, 11) is 0. The summed E-state index contributed by atoms with van der Waals surface area (Å²) in [5, 5.41) is 18.9. The zero-order valence-electron chi connectivity index (χ0n) is 15.6. The van der Waals surface area contributed by atoms with E-state index in [1.807, 2.05) is 48.5 Å². The maximum atomic E-state index is 9.47. The van der Waals surface area contributed by atoms with E-state index in [9.17, 15) is 10.2 Å². The summed E-state index contributed by atoms with van der Waals surface area (Å²) in [5.41, 5.74) is 2.07. The number of hydrogen-bond acceptors (Lipinski definition) is 4. The van der Waals surface area contributed by atoms with Gasteiger partial charge in [-0.15, -0.1) is 23.2 Å². The molecule has 0 spiro atoms. The molecular formula is C21H26Cl2O4. The van der Waals surface area contributed by atoms with Crippen LogP contribution in [0.1, 0.15) is 25.0 Å². The summed E-state index contributed by atoms with van der Waals surface area (Å²) in [4.78, 5) is 0. The molecule has 0 fully saturated rings. The molecule has 2 aromatic carbocycles. The fraction of sp³-hybridized carbons (Fsp3) is 0.429. The number of hydrogen-bond donors (Lipinski definition) is 2. The van der Waals surface area contributed by atoms with Crippen molar-refractivity contribution < 1.29 is 19.7 Å². The van der Waals surface area contributed by atoms with E-state index in [1.165, 1.54) is 0 Å². The SMILES string of the molecule is CC(C)(c1ccc(OCC(O)CCl)cc1)c1ccc(OC[C@@H](O)CCl)cc1. The third-order valence-corrected chi connectivity index (χ3v) is 5.11. The van der Waals surface area contributed by atoms with E-state index in [2.05, 4.69) is 13.8 Å². The predicted molar refractivity (Wildman–Crippen MR) is 109 cm³/mol. The third-order valence-electron chi connectivity index (χ3n) is 4.39. The summed E-state index contributed by atoms with van der Waals surface area (Å²) in [6.45, 7) is 4.64. The highest BCUT2D eigenvalue weighted by molar-refractivity contribution is 6.18. The summed E-state index contributed by atoms with van der Waals surface area (Å²) in [6.07, 6.45) is -1.34. The fourth-order valence-corrected chi connectivity index (χ4v) is 2.75. The average Bonchev–Trinajstić information content (AvgIpc) is 2.70. The van der Waals surface area contributed by atoms with E-state index in [0.717, 1.165) is 11.1 Å². The number of benzene rings is 2. The second-order valence-corrected chi connectivity index (χ2v) is 7.53. The smallest absolute Gasteiger partial charge is 0.119 e. The Morgan fingerprint density at radius 2 is 1.07 bits per heavy atom. The molecule has 0 radical (unpaired) electrons. The van der Waals surface area contributed by atoms with Crippen molar-refractivity contribution in [3.63, 3.8) is 0 Å². The fourth-order valence-electron chi connectivity index (χ4n) is 2.58. The molecule has 2 N–H and O–H groups in total. The van der Waals surface area contributed by atoms with Crippen LogP contribution in [0.5, 0.6) is 11.5 Å². The van der Waals surface area contributed by atoms with E-state index < -0.39 is 12.2 Å². The van der Waals surface area contributed by atoms with Gasteiger partial charge in [0.05, 0.1) is 11.8 Å². The molecule has 0 heterocycles. The molecule has 4 nitrogen and oxygen atoms in total. The first-order valence-corrected chi connectivity index (χ1v) is 9.88. The van der Waals surface area contributed by atoms with Crippen LogP contribution in [0.4, 0.5) is 0 Å². The standard InChI is InChI=1S/C21H26Cl2O4/c1-21(2,15-3-7-19(8-4-15)26-13-17(24)11-22)16-5-9-20(10-6-16)27-14-18(25)12-23/h3-10,17-18,24-25H,11-14H2,1-2H3/t17-,18?/m0/s1. The molecule has 0 saturated carbocycles. The summed E-state index contributed by atoms with van der Waals surface area (Å²) in [5.74, 6) is 1.69. The van der Waals surface area contributed by atoms with Crippen molar-refractivity contribution in [2.45, 2.75) is 31.5 Å². The maximum Gasteiger partial charge on any atom is 0.119 e. The average molecular weight is 413 g/mol. The Labute approximate surface area is 170 Å². The molecule has 0 amide bonds. The van der Waals surface area contributed by atoms with Gasteiger partial charge in [0.25, 0.3) is 0 Å². The Bertz CT molecular complexity index is 627. The van der Waals surface area contributed by atoms with Gasteiger partial charge in [-0.05, 0) is 35.4 Å². The van der Waals surface area contributed by atoms with Gasteiger partial charge in [0, 0.05) is 5.41 Å². The number of ether oxygens (including phenoxy) is 2. The lowest BCUT2D eigenvalue weighted by Crippen LogP contribution is -2.20. The van der Waals surface area contributed by atoms with Gasteiger partial charge in [0.2, 0.25) is 0 Å². The lowest BCUT2D eigenvalue weighted by molar-refractivity contribution is 0.125. The quantitative estimate of drug-likeness (QED) is 0.579. The van der Waals surface area contributed by atoms with Gasteiger partial charge in [-0.3, -0.25) is 0 Å². The predicted octanol–water partition coefficient (Wildman–Crippen LogP) is 3.97. The van der Waals surface area contributed by atoms with Crippen LogP contribution in [-0.2, 0) is 5.41 Å². The minimum Gasteiger partial charge on any atom is -0.491 e. The molecule has 2 rings (SSSR count). The molecule has 0 aliphatic rings. The van der Waals surface area contributed by atoms with Crippen molar-refractivity contribution in [1.82, 2.24) is 0 Å². The van der Waals surface area contributed by atoms with Gasteiger partial charge >= 0.3 is 0 Å². The molecular weight excluding hydrogens is 387 g/mol. The molecule has 2 aromatic rings. The Morgan fingerprint density at radius 1 is 0.741 bits per heavy atom.